The Hall–Kier alpha value is -1.81. The molecule has 0 bridgehead atoms. The summed E-state index contributed by atoms with van der Waals surface area (Å²) < 4.78 is 6.20. The van der Waals surface area contributed by atoms with Crippen LogP contribution in [-0.4, -0.2) is 35.6 Å². The van der Waals surface area contributed by atoms with Gasteiger partial charge in [-0.1, -0.05) is 19.8 Å². The summed E-state index contributed by atoms with van der Waals surface area (Å²) >= 11 is 0. The van der Waals surface area contributed by atoms with Crippen molar-refractivity contribution < 1.29 is 4.74 Å². The maximum atomic E-state index is 11.8. The minimum absolute atomic E-state index is 0.0457. The van der Waals surface area contributed by atoms with Gasteiger partial charge in [0.2, 0.25) is 0 Å². The fourth-order valence-corrected chi connectivity index (χ4v) is 3.83. The molecule has 1 aromatic heterocycles. The normalized spacial score (nSPS) is 20.9. The first-order chi connectivity index (χ1) is 12.2. The smallest absolute Gasteiger partial charge is 0.255 e. The Kier molecular flexibility index (Phi) is 6.14. The van der Waals surface area contributed by atoms with Gasteiger partial charge in [-0.3, -0.25) is 4.79 Å². The molecular weight excluding hydrogens is 312 g/mol. The molecule has 4 heteroatoms. The van der Waals surface area contributed by atoms with Gasteiger partial charge in [-0.15, -0.1) is 0 Å². The summed E-state index contributed by atoms with van der Waals surface area (Å²) in [5.74, 6) is 0.873. The highest BCUT2D eigenvalue weighted by Crippen LogP contribution is 2.27. The van der Waals surface area contributed by atoms with Crippen LogP contribution >= 0.6 is 0 Å². The molecule has 1 saturated carbocycles. The van der Waals surface area contributed by atoms with E-state index in [1.54, 1.807) is 6.20 Å². The molecule has 0 aliphatic heterocycles. The quantitative estimate of drug-likeness (QED) is 0.761. The number of aromatic amines is 1. The zero-order valence-electron chi connectivity index (χ0n) is 15.5. The van der Waals surface area contributed by atoms with Crippen LogP contribution in [0.3, 0.4) is 0 Å². The maximum absolute atomic E-state index is 11.8. The van der Waals surface area contributed by atoms with Crippen molar-refractivity contribution in [2.24, 2.45) is 0 Å². The van der Waals surface area contributed by atoms with Gasteiger partial charge in [0, 0.05) is 17.6 Å². The van der Waals surface area contributed by atoms with Crippen molar-refractivity contribution in [1.29, 1.82) is 0 Å². The van der Waals surface area contributed by atoms with Crippen molar-refractivity contribution >= 4 is 10.8 Å². The predicted molar refractivity (Wildman–Crippen MR) is 103 cm³/mol. The molecule has 0 unspecified atom stereocenters. The lowest BCUT2D eigenvalue weighted by molar-refractivity contribution is 0.100. The lowest BCUT2D eigenvalue weighted by Gasteiger charge is -2.34. The topological polar surface area (TPSA) is 45.3 Å². The molecule has 0 spiro atoms. The average molecular weight is 342 g/mol. The monoisotopic (exact) mass is 342 g/mol. The summed E-state index contributed by atoms with van der Waals surface area (Å²) in [6.45, 7) is 3.47. The van der Waals surface area contributed by atoms with E-state index in [1.807, 2.05) is 24.3 Å². The number of fused-ring (bicyclic) bond motifs is 1. The van der Waals surface area contributed by atoms with Crippen molar-refractivity contribution in [3.05, 3.63) is 40.8 Å². The summed E-state index contributed by atoms with van der Waals surface area (Å²) in [5, 5.41) is 1.65. The predicted octanol–water partition coefficient (Wildman–Crippen LogP) is 4.34. The van der Waals surface area contributed by atoms with Crippen LogP contribution in [0.15, 0.2) is 35.3 Å². The fourth-order valence-electron chi connectivity index (χ4n) is 3.83. The van der Waals surface area contributed by atoms with Gasteiger partial charge >= 0.3 is 0 Å². The van der Waals surface area contributed by atoms with E-state index in [9.17, 15) is 4.79 Å². The number of unbranched alkanes of at least 4 members (excludes halogenated alkanes) is 2. The molecule has 1 aromatic carbocycles. The van der Waals surface area contributed by atoms with Gasteiger partial charge in [0.25, 0.3) is 5.56 Å². The van der Waals surface area contributed by atoms with Gasteiger partial charge in [0.05, 0.1) is 6.10 Å². The zero-order chi connectivity index (χ0) is 17.6. The lowest BCUT2D eigenvalue weighted by atomic mass is 9.92. The zero-order valence-corrected chi connectivity index (χ0v) is 15.5. The molecule has 136 valence electrons. The van der Waals surface area contributed by atoms with E-state index < -0.39 is 0 Å². The largest absolute Gasteiger partial charge is 0.490 e. The van der Waals surface area contributed by atoms with Crippen molar-refractivity contribution in [1.82, 2.24) is 9.88 Å². The SMILES string of the molecule is CCCCCN(C)C1CCC(Oc2ccc3c(=O)[nH]ccc3c2)CC1. The Morgan fingerprint density at radius 3 is 2.72 bits per heavy atom. The van der Waals surface area contributed by atoms with E-state index in [2.05, 4.69) is 23.9 Å². The van der Waals surface area contributed by atoms with Crippen molar-refractivity contribution in [2.45, 2.75) is 64.0 Å². The van der Waals surface area contributed by atoms with Crippen LogP contribution in [0.5, 0.6) is 5.75 Å². The minimum Gasteiger partial charge on any atom is -0.490 e. The Morgan fingerprint density at radius 2 is 1.96 bits per heavy atom. The summed E-state index contributed by atoms with van der Waals surface area (Å²) in [6.07, 6.45) is 10.5. The number of benzene rings is 1. The van der Waals surface area contributed by atoms with Gasteiger partial charge in [0.1, 0.15) is 5.75 Å². The summed E-state index contributed by atoms with van der Waals surface area (Å²) in [4.78, 5) is 17.0. The van der Waals surface area contributed by atoms with Gasteiger partial charge < -0.3 is 14.6 Å². The second-order valence-electron chi connectivity index (χ2n) is 7.29. The van der Waals surface area contributed by atoms with Crippen LogP contribution in [0.4, 0.5) is 0 Å². The molecule has 0 atom stereocenters. The maximum Gasteiger partial charge on any atom is 0.255 e. The lowest BCUT2D eigenvalue weighted by Crippen LogP contribution is -2.38. The van der Waals surface area contributed by atoms with Crippen molar-refractivity contribution in [3.63, 3.8) is 0 Å². The molecule has 0 radical (unpaired) electrons. The number of hydrogen-bond acceptors (Lipinski definition) is 3. The summed E-state index contributed by atoms with van der Waals surface area (Å²) in [7, 11) is 2.27. The number of pyridine rings is 1. The molecule has 3 rings (SSSR count). The van der Waals surface area contributed by atoms with Gasteiger partial charge in [-0.05, 0) is 75.3 Å². The standard InChI is InChI=1S/C21H30N2O2/c1-3-4-5-14-23(2)17-6-8-18(9-7-17)25-19-10-11-20-16(15-19)12-13-22-21(20)24/h10-13,15,17-18H,3-9,14H2,1-2H3,(H,22,24). The number of hydrogen-bond donors (Lipinski definition) is 1. The van der Waals surface area contributed by atoms with Crippen LogP contribution < -0.4 is 10.3 Å². The van der Waals surface area contributed by atoms with E-state index in [-0.39, 0.29) is 5.56 Å². The molecule has 25 heavy (non-hydrogen) atoms. The number of rotatable bonds is 7. The van der Waals surface area contributed by atoms with E-state index in [0.717, 1.165) is 24.0 Å². The third kappa shape index (κ3) is 4.63. The Morgan fingerprint density at radius 1 is 1.16 bits per heavy atom. The molecule has 0 amide bonds. The molecule has 0 saturated heterocycles. The Bertz CT molecular complexity index is 732. The molecule has 1 fully saturated rings. The first-order valence-electron chi connectivity index (χ1n) is 9.65. The molecule has 1 aliphatic carbocycles. The van der Waals surface area contributed by atoms with Crippen molar-refractivity contribution in [3.8, 4) is 5.75 Å². The summed E-state index contributed by atoms with van der Waals surface area (Å²) in [5.41, 5.74) is -0.0457. The second-order valence-corrected chi connectivity index (χ2v) is 7.29. The van der Waals surface area contributed by atoms with Crippen LogP contribution in [0.1, 0.15) is 51.9 Å². The van der Waals surface area contributed by atoms with E-state index in [4.69, 9.17) is 4.74 Å². The second kappa shape index (κ2) is 8.52. The van der Waals surface area contributed by atoms with E-state index >= 15 is 0 Å². The molecule has 1 aliphatic rings. The number of H-pyrrole nitrogens is 1. The van der Waals surface area contributed by atoms with Crippen LogP contribution in [-0.2, 0) is 0 Å². The van der Waals surface area contributed by atoms with Crippen molar-refractivity contribution in [2.75, 3.05) is 13.6 Å². The first-order valence-corrected chi connectivity index (χ1v) is 9.65. The highest BCUT2D eigenvalue weighted by atomic mass is 16.5. The van der Waals surface area contributed by atoms with E-state index in [1.165, 1.54) is 38.6 Å². The molecule has 4 nitrogen and oxygen atoms in total. The molecule has 1 heterocycles. The highest BCUT2D eigenvalue weighted by molar-refractivity contribution is 5.82. The third-order valence-electron chi connectivity index (χ3n) is 5.43. The fraction of sp³-hybridized carbons (Fsp3) is 0.571. The van der Waals surface area contributed by atoms with Gasteiger partial charge in [-0.25, -0.2) is 0 Å². The number of nitrogens with one attached hydrogen (secondary N) is 1. The Balaban J connectivity index is 1.53. The number of ether oxygens (including phenoxy) is 1. The molecule has 1 N–H and O–H groups in total. The van der Waals surface area contributed by atoms with Gasteiger partial charge in [0.15, 0.2) is 0 Å². The van der Waals surface area contributed by atoms with Gasteiger partial charge in [-0.2, -0.15) is 0 Å². The molecular formula is C21H30N2O2. The van der Waals surface area contributed by atoms with E-state index in [0.29, 0.717) is 17.5 Å². The third-order valence-corrected chi connectivity index (χ3v) is 5.43. The van der Waals surface area contributed by atoms with Crippen LogP contribution in [0.2, 0.25) is 0 Å². The molecule has 2 aromatic rings. The number of aromatic nitrogens is 1. The summed E-state index contributed by atoms with van der Waals surface area (Å²) in [6, 6.07) is 8.38. The minimum atomic E-state index is -0.0457. The Labute approximate surface area is 150 Å². The average Bonchev–Trinajstić information content (AvgIpc) is 2.62. The number of nitrogens with zero attached hydrogens (tertiary/aromatic N) is 1. The van der Waals surface area contributed by atoms with Crippen LogP contribution in [0, 0.1) is 0 Å². The van der Waals surface area contributed by atoms with Crippen LogP contribution in [0.25, 0.3) is 10.8 Å². The highest BCUT2D eigenvalue weighted by Gasteiger charge is 2.24. The first kappa shape index (κ1) is 18.0.